The van der Waals surface area contributed by atoms with E-state index in [2.05, 4.69) is 10.4 Å². The summed E-state index contributed by atoms with van der Waals surface area (Å²) in [6.45, 7) is 0. The van der Waals surface area contributed by atoms with Crippen LogP contribution in [0.1, 0.15) is 55.3 Å². The van der Waals surface area contributed by atoms with E-state index in [9.17, 15) is 9.59 Å². The number of rotatable bonds is 5. The molecule has 1 saturated carbocycles. The molecule has 166 valence electrons. The van der Waals surface area contributed by atoms with Crippen molar-refractivity contribution >= 4 is 29.3 Å². The first kappa shape index (κ1) is 22.6. The zero-order valence-corrected chi connectivity index (χ0v) is 19.4. The molecule has 4 rings (SSSR count). The molecule has 2 aromatic carbocycles. The Hall–Kier alpha value is -2.57. The van der Waals surface area contributed by atoms with Crippen LogP contribution in [0.2, 0.25) is 5.02 Å². The van der Waals surface area contributed by atoms with Gasteiger partial charge in [-0.1, -0.05) is 55.5 Å². The van der Waals surface area contributed by atoms with Gasteiger partial charge in [0.1, 0.15) is 5.03 Å². The number of nitrogens with zero attached hydrogens (tertiary/aromatic N) is 2. The number of hydrogen-bond acceptors (Lipinski definition) is 4. The second-order valence-electron chi connectivity index (χ2n) is 8.04. The Balaban J connectivity index is 1.46. The quantitative estimate of drug-likeness (QED) is 0.509. The second kappa shape index (κ2) is 10.8. The molecule has 5 nitrogen and oxygen atoms in total. The van der Waals surface area contributed by atoms with Gasteiger partial charge in [0.15, 0.2) is 0 Å². The van der Waals surface area contributed by atoms with Gasteiger partial charge in [0, 0.05) is 27.6 Å². The average molecular weight is 468 g/mol. The fraction of sp³-hybridized carbons (Fsp3) is 0.320. The molecule has 3 aromatic rings. The van der Waals surface area contributed by atoms with Crippen LogP contribution in [-0.2, 0) is 0 Å². The molecule has 1 heterocycles. The third kappa shape index (κ3) is 6.02. The monoisotopic (exact) mass is 467 g/mol. The molecule has 1 N–H and O–H groups in total. The van der Waals surface area contributed by atoms with Crippen molar-refractivity contribution in [2.45, 2.75) is 60.9 Å². The Bertz CT molecular complexity index is 1110. The minimum absolute atomic E-state index is 0.0607. The molecule has 0 bridgehead atoms. The van der Waals surface area contributed by atoms with Gasteiger partial charge in [-0.3, -0.25) is 9.59 Å². The van der Waals surface area contributed by atoms with Crippen LogP contribution in [0.25, 0.3) is 5.69 Å². The highest BCUT2D eigenvalue weighted by molar-refractivity contribution is 7.99. The van der Waals surface area contributed by atoms with Crippen molar-refractivity contribution < 1.29 is 4.79 Å². The van der Waals surface area contributed by atoms with Gasteiger partial charge < -0.3 is 5.32 Å². The molecular weight excluding hydrogens is 442 g/mol. The molecule has 0 atom stereocenters. The molecule has 1 aliphatic carbocycles. The Morgan fingerprint density at radius 2 is 1.56 bits per heavy atom. The van der Waals surface area contributed by atoms with E-state index in [-0.39, 0.29) is 17.5 Å². The van der Waals surface area contributed by atoms with Crippen molar-refractivity contribution in [1.29, 1.82) is 0 Å². The highest BCUT2D eigenvalue weighted by Crippen LogP contribution is 2.26. The third-order valence-corrected chi connectivity index (χ3v) is 6.81. The Morgan fingerprint density at radius 1 is 0.906 bits per heavy atom. The van der Waals surface area contributed by atoms with Gasteiger partial charge in [-0.15, -0.1) is 0 Å². The summed E-state index contributed by atoms with van der Waals surface area (Å²) in [5.74, 6) is -0.0607. The number of hydrogen-bond donors (Lipinski definition) is 1. The molecule has 0 unspecified atom stereocenters. The summed E-state index contributed by atoms with van der Waals surface area (Å²) in [5.41, 5.74) is 0.990. The van der Waals surface area contributed by atoms with Crippen LogP contribution in [0.4, 0.5) is 0 Å². The van der Waals surface area contributed by atoms with Crippen molar-refractivity contribution in [3.8, 4) is 5.69 Å². The van der Waals surface area contributed by atoms with E-state index >= 15 is 0 Å². The van der Waals surface area contributed by atoms with E-state index in [0.717, 1.165) is 17.7 Å². The first-order chi connectivity index (χ1) is 15.6. The number of aromatic nitrogens is 2. The minimum atomic E-state index is -0.225. The SMILES string of the molecule is O=C(NC1CCCCCCC1)c1ccc(-n2nc(Sc3ccc(Cl)cc3)ccc2=O)cc1. The predicted octanol–water partition coefficient (Wildman–Crippen LogP) is 5.88. The summed E-state index contributed by atoms with van der Waals surface area (Å²) < 4.78 is 1.36. The lowest BCUT2D eigenvalue weighted by Gasteiger charge is -2.21. The highest BCUT2D eigenvalue weighted by Gasteiger charge is 2.15. The van der Waals surface area contributed by atoms with Crippen LogP contribution in [0, 0.1) is 0 Å². The molecule has 1 amide bonds. The maximum Gasteiger partial charge on any atom is 0.271 e. The summed E-state index contributed by atoms with van der Waals surface area (Å²) in [4.78, 5) is 26.1. The van der Waals surface area contributed by atoms with Crippen molar-refractivity contribution in [3.05, 3.63) is 81.6 Å². The summed E-state index contributed by atoms with van der Waals surface area (Å²) in [6.07, 6.45) is 8.22. The first-order valence-corrected chi connectivity index (χ1v) is 12.2. The third-order valence-electron chi connectivity index (χ3n) is 5.63. The van der Waals surface area contributed by atoms with E-state index in [0.29, 0.717) is 21.3 Å². The van der Waals surface area contributed by atoms with Crippen molar-refractivity contribution in [1.82, 2.24) is 15.1 Å². The average Bonchev–Trinajstić information content (AvgIpc) is 2.78. The second-order valence-corrected chi connectivity index (χ2v) is 9.57. The van der Waals surface area contributed by atoms with E-state index < -0.39 is 0 Å². The molecular formula is C25H26ClN3O2S. The van der Waals surface area contributed by atoms with Crippen molar-refractivity contribution in [2.75, 3.05) is 0 Å². The Kier molecular flexibility index (Phi) is 7.66. The molecule has 0 spiro atoms. The standard InChI is InChI=1S/C25H26ClN3O2S/c26-19-10-14-22(15-11-19)32-23-16-17-24(30)29(28-23)21-12-8-18(9-13-21)25(31)27-20-6-4-2-1-3-5-7-20/h8-17,20H,1-7H2,(H,27,31). The van der Waals surface area contributed by atoms with Crippen molar-refractivity contribution in [3.63, 3.8) is 0 Å². The fourth-order valence-corrected chi connectivity index (χ4v) is 4.78. The fourth-order valence-electron chi connectivity index (χ4n) is 3.88. The summed E-state index contributed by atoms with van der Waals surface area (Å²) in [6, 6.07) is 17.9. The lowest BCUT2D eigenvalue weighted by molar-refractivity contribution is 0.0930. The molecule has 0 aliphatic heterocycles. The predicted molar refractivity (Wildman–Crippen MR) is 129 cm³/mol. The van der Waals surface area contributed by atoms with E-state index in [1.54, 1.807) is 30.3 Å². The zero-order valence-electron chi connectivity index (χ0n) is 17.8. The van der Waals surface area contributed by atoms with Gasteiger partial charge in [-0.25, -0.2) is 0 Å². The molecule has 32 heavy (non-hydrogen) atoms. The Labute approximate surface area is 197 Å². The van der Waals surface area contributed by atoms with Crippen LogP contribution in [0.5, 0.6) is 0 Å². The molecule has 0 radical (unpaired) electrons. The van der Waals surface area contributed by atoms with Gasteiger partial charge >= 0.3 is 0 Å². The van der Waals surface area contributed by atoms with Crippen LogP contribution in [0.15, 0.2) is 75.4 Å². The largest absolute Gasteiger partial charge is 0.349 e. The van der Waals surface area contributed by atoms with Gasteiger partial charge in [-0.05, 0) is 67.4 Å². The summed E-state index contributed by atoms with van der Waals surface area (Å²) in [5, 5.41) is 9.02. The van der Waals surface area contributed by atoms with E-state index in [1.165, 1.54) is 54.6 Å². The number of halogens is 1. The van der Waals surface area contributed by atoms with Gasteiger partial charge in [0.2, 0.25) is 0 Å². The van der Waals surface area contributed by atoms with E-state index in [1.807, 2.05) is 24.3 Å². The van der Waals surface area contributed by atoms with Crippen LogP contribution >= 0.6 is 23.4 Å². The van der Waals surface area contributed by atoms with Crippen LogP contribution < -0.4 is 10.9 Å². The molecule has 7 heteroatoms. The summed E-state index contributed by atoms with van der Waals surface area (Å²) >= 11 is 7.40. The number of benzene rings is 2. The Morgan fingerprint density at radius 3 is 2.25 bits per heavy atom. The smallest absolute Gasteiger partial charge is 0.271 e. The number of amides is 1. The molecule has 0 saturated heterocycles. The first-order valence-electron chi connectivity index (χ1n) is 11.0. The molecule has 1 aromatic heterocycles. The number of carbonyl (C=O) groups excluding carboxylic acids is 1. The zero-order chi connectivity index (χ0) is 22.3. The maximum absolute atomic E-state index is 12.7. The number of carbonyl (C=O) groups is 1. The summed E-state index contributed by atoms with van der Waals surface area (Å²) in [7, 11) is 0. The number of nitrogens with one attached hydrogen (secondary N) is 1. The van der Waals surface area contributed by atoms with E-state index in [4.69, 9.17) is 11.6 Å². The van der Waals surface area contributed by atoms with Crippen LogP contribution in [-0.4, -0.2) is 21.7 Å². The minimum Gasteiger partial charge on any atom is -0.349 e. The van der Waals surface area contributed by atoms with Gasteiger partial charge in [0.25, 0.3) is 11.5 Å². The molecule has 1 fully saturated rings. The lowest BCUT2D eigenvalue weighted by atomic mass is 9.96. The van der Waals surface area contributed by atoms with Crippen molar-refractivity contribution in [2.24, 2.45) is 0 Å². The normalized spacial score (nSPS) is 15.0. The van der Waals surface area contributed by atoms with Crippen LogP contribution in [0.3, 0.4) is 0 Å². The topological polar surface area (TPSA) is 64.0 Å². The highest BCUT2D eigenvalue weighted by atomic mass is 35.5. The maximum atomic E-state index is 12.7. The van der Waals surface area contributed by atoms with Gasteiger partial charge in [-0.2, -0.15) is 9.78 Å². The molecule has 1 aliphatic rings. The van der Waals surface area contributed by atoms with Gasteiger partial charge in [0.05, 0.1) is 5.69 Å². The lowest BCUT2D eigenvalue weighted by Crippen LogP contribution is -2.35.